The molecule has 0 unspecified atom stereocenters. The molecule has 4 rings (SSSR count). The topological polar surface area (TPSA) is 117 Å². The lowest BCUT2D eigenvalue weighted by molar-refractivity contribution is 0.142. The monoisotopic (exact) mass is 433 g/mol. The second kappa shape index (κ2) is 8.41. The quantitative estimate of drug-likeness (QED) is 0.469. The highest BCUT2D eigenvalue weighted by atomic mass is 35.5. The molecular weight excluding hydrogens is 410 g/mol. The van der Waals surface area contributed by atoms with Crippen LogP contribution in [0.15, 0.2) is 23.0 Å². The zero-order chi connectivity index (χ0) is 20.7. The van der Waals surface area contributed by atoms with Gasteiger partial charge in [-0.3, -0.25) is 4.79 Å². The number of benzene rings is 1. The van der Waals surface area contributed by atoms with Crippen molar-refractivity contribution in [2.75, 3.05) is 6.54 Å². The molecule has 1 aliphatic carbocycles. The Morgan fingerprint density at radius 2 is 2.07 bits per heavy atom. The van der Waals surface area contributed by atoms with Crippen molar-refractivity contribution in [3.8, 4) is 22.8 Å². The standard InChI is InChI=1S/C21H23N3O5.ClH/c1-3-22-10-13-7-12-8-15-11(9-16(12)24(13)2)5-4-6-14-17(15)23-20(26)19(18(14)25)29-21(27)28;/h7-9,22H,3-6,10H2,1-2H3,(H,27,28)(H2,23,25,26);1H. The smallest absolute Gasteiger partial charge is 0.504 e. The van der Waals surface area contributed by atoms with E-state index < -0.39 is 23.2 Å². The van der Waals surface area contributed by atoms with Gasteiger partial charge in [0.2, 0.25) is 5.75 Å². The van der Waals surface area contributed by atoms with Crippen molar-refractivity contribution in [3.05, 3.63) is 45.4 Å². The summed E-state index contributed by atoms with van der Waals surface area (Å²) in [6, 6.07) is 6.27. The summed E-state index contributed by atoms with van der Waals surface area (Å²) in [5.41, 5.74) is 4.45. The maximum atomic E-state index is 12.4. The molecule has 0 atom stereocenters. The molecule has 3 aromatic rings. The minimum Gasteiger partial charge on any atom is -0.504 e. The van der Waals surface area contributed by atoms with E-state index in [0.29, 0.717) is 17.7 Å². The average molecular weight is 434 g/mol. The van der Waals surface area contributed by atoms with E-state index in [0.717, 1.165) is 53.7 Å². The molecule has 0 amide bonds. The lowest BCUT2D eigenvalue weighted by Gasteiger charge is -2.13. The van der Waals surface area contributed by atoms with Crippen molar-refractivity contribution >= 4 is 29.5 Å². The first-order valence-corrected chi connectivity index (χ1v) is 9.62. The van der Waals surface area contributed by atoms with Crippen LogP contribution >= 0.6 is 12.4 Å². The number of rotatable bonds is 4. The molecule has 0 aliphatic heterocycles. The van der Waals surface area contributed by atoms with Crippen LogP contribution in [-0.2, 0) is 26.4 Å². The van der Waals surface area contributed by atoms with Gasteiger partial charge in [-0.05, 0) is 49.6 Å². The van der Waals surface area contributed by atoms with Gasteiger partial charge in [-0.2, -0.15) is 0 Å². The van der Waals surface area contributed by atoms with Crippen molar-refractivity contribution in [3.63, 3.8) is 0 Å². The van der Waals surface area contributed by atoms with Gasteiger partial charge in [-0.25, -0.2) is 4.79 Å². The number of hydrogen-bond donors (Lipinski definition) is 4. The minimum absolute atomic E-state index is 0. The number of ether oxygens (including phenoxy) is 1. The highest BCUT2D eigenvalue weighted by molar-refractivity contribution is 5.89. The number of aromatic amines is 1. The molecule has 0 bridgehead atoms. The molecule has 1 aliphatic rings. The Kier molecular flexibility index (Phi) is 6.09. The largest absolute Gasteiger partial charge is 0.511 e. The third kappa shape index (κ3) is 3.64. The summed E-state index contributed by atoms with van der Waals surface area (Å²) in [5.74, 6) is -0.978. The first-order valence-electron chi connectivity index (χ1n) is 9.62. The number of carboxylic acid groups (broad SMARTS) is 1. The van der Waals surface area contributed by atoms with Gasteiger partial charge in [-0.15, -0.1) is 12.4 Å². The molecule has 1 aromatic carbocycles. The molecule has 2 heterocycles. The van der Waals surface area contributed by atoms with Gasteiger partial charge in [0.05, 0.1) is 5.69 Å². The van der Waals surface area contributed by atoms with Gasteiger partial charge in [-0.1, -0.05) is 6.92 Å². The highest BCUT2D eigenvalue weighted by Gasteiger charge is 2.25. The zero-order valence-electron chi connectivity index (χ0n) is 16.7. The Morgan fingerprint density at radius 1 is 1.30 bits per heavy atom. The second-order valence-electron chi connectivity index (χ2n) is 7.25. The number of carbonyl (C=O) groups is 1. The van der Waals surface area contributed by atoms with Crippen LogP contribution < -0.4 is 15.6 Å². The number of aromatic nitrogens is 2. The lowest BCUT2D eigenvalue weighted by atomic mass is 9.99. The summed E-state index contributed by atoms with van der Waals surface area (Å²) in [5, 5.41) is 23.8. The zero-order valence-corrected chi connectivity index (χ0v) is 17.6. The first-order chi connectivity index (χ1) is 13.9. The molecule has 2 aromatic heterocycles. The molecule has 0 saturated carbocycles. The minimum atomic E-state index is -1.64. The highest BCUT2D eigenvalue weighted by Crippen LogP contribution is 2.40. The number of pyridine rings is 1. The maximum Gasteiger partial charge on any atom is 0.511 e. The SMILES string of the molecule is CCNCc1cc2cc3c(cc2n1C)CCCc1c-3[nH]c(=O)c(OC(=O)O)c1O.Cl. The van der Waals surface area contributed by atoms with Gasteiger partial charge >= 0.3 is 6.16 Å². The fraction of sp³-hybridized carbons (Fsp3) is 0.333. The molecule has 4 N–H and O–H groups in total. The Labute approximate surface area is 178 Å². The van der Waals surface area contributed by atoms with Crippen molar-refractivity contribution < 1.29 is 19.7 Å². The fourth-order valence-corrected chi connectivity index (χ4v) is 4.07. The molecule has 8 nitrogen and oxygen atoms in total. The molecule has 30 heavy (non-hydrogen) atoms. The maximum absolute atomic E-state index is 12.4. The van der Waals surface area contributed by atoms with Crippen LogP contribution in [0.5, 0.6) is 11.5 Å². The number of nitrogens with zero attached hydrogens (tertiary/aromatic N) is 1. The fourth-order valence-electron chi connectivity index (χ4n) is 4.07. The predicted molar refractivity (Wildman–Crippen MR) is 116 cm³/mol. The third-order valence-corrected chi connectivity index (χ3v) is 5.50. The summed E-state index contributed by atoms with van der Waals surface area (Å²) in [7, 11) is 2.04. The first kappa shape index (κ1) is 21.7. The molecule has 0 spiro atoms. The van der Waals surface area contributed by atoms with Crippen molar-refractivity contribution in [1.82, 2.24) is 14.9 Å². The lowest BCUT2D eigenvalue weighted by Crippen LogP contribution is -2.17. The Balaban J connectivity index is 0.00000256. The van der Waals surface area contributed by atoms with E-state index in [1.807, 2.05) is 13.1 Å². The van der Waals surface area contributed by atoms with Crippen LogP contribution in [-0.4, -0.2) is 32.5 Å². The van der Waals surface area contributed by atoms with E-state index in [1.54, 1.807) is 0 Å². The van der Waals surface area contributed by atoms with Gasteiger partial charge in [0.25, 0.3) is 5.56 Å². The van der Waals surface area contributed by atoms with Crippen molar-refractivity contribution in [1.29, 1.82) is 0 Å². The van der Waals surface area contributed by atoms with Crippen LogP contribution in [0.1, 0.15) is 30.2 Å². The normalized spacial score (nSPS) is 12.6. The number of aromatic hydroxyl groups is 1. The van der Waals surface area contributed by atoms with Gasteiger partial charge in [0.15, 0.2) is 5.75 Å². The number of hydrogen-bond acceptors (Lipinski definition) is 5. The number of halogens is 1. The molecule has 0 saturated heterocycles. The van der Waals surface area contributed by atoms with E-state index in [2.05, 4.69) is 38.7 Å². The van der Waals surface area contributed by atoms with E-state index in [-0.39, 0.29) is 12.4 Å². The van der Waals surface area contributed by atoms with Crippen LogP contribution in [0, 0.1) is 0 Å². The Hall–Kier alpha value is -2.97. The van der Waals surface area contributed by atoms with Crippen LogP contribution in [0.2, 0.25) is 0 Å². The van der Waals surface area contributed by atoms with Crippen molar-refractivity contribution in [2.45, 2.75) is 32.7 Å². The van der Waals surface area contributed by atoms with E-state index in [9.17, 15) is 14.7 Å². The second-order valence-corrected chi connectivity index (χ2v) is 7.25. The van der Waals surface area contributed by atoms with E-state index >= 15 is 0 Å². The number of aryl methyl sites for hydroxylation is 2. The average Bonchev–Trinajstić information content (AvgIpc) is 2.87. The van der Waals surface area contributed by atoms with Gasteiger partial charge < -0.3 is 29.8 Å². The number of H-pyrrole nitrogens is 1. The predicted octanol–water partition coefficient (Wildman–Crippen LogP) is 3.32. The molecule has 0 radical (unpaired) electrons. The number of fused-ring (bicyclic) bond motifs is 4. The van der Waals surface area contributed by atoms with E-state index in [1.165, 1.54) is 0 Å². The Morgan fingerprint density at radius 3 is 2.77 bits per heavy atom. The van der Waals surface area contributed by atoms with Gasteiger partial charge in [0.1, 0.15) is 0 Å². The summed E-state index contributed by atoms with van der Waals surface area (Å²) in [4.78, 5) is 26.0. The summed E-state index contributed by atoms with van der Waals surface area (Å²) < 4.78 is 6.67. The summed E-state index contributed by atoms with van der Waals surface area (Å²) in [6.45, 7) is 3.70. The molecule has 160 valence electrons. The van der Waals surface area contributed by atoms with Crippen LogP contribution in [0.3, 0.4) is 0 Å². The van der Waals surface area contributed by atoms with Crippen molar-refractivity contribution in [2.24, 2.45) is 7.05 Å². The molecular formula is C21H24ClN3O5. The summed E-state index contributed by atoms with van der Waals surface area (Å²) in [6.07, 6.45) is 0.403. The van der Waals surface area contributed by atoms with Crippen LogP contribution in [0.25, 0.3) is 22.2 Å². The van der Waals surface area contributed by atoms with E-state index in [4.69, 9.17) is 5.11 Å². The number of nitrogens with one attached hydrogen (secondary N) is 2. The summed E-state index contributed by atoms with van der Waals surface area (Å²) >= 11 is 0. The molecule has 0 fully saturated rings. The van der Waals surface area contributed by atoms with Crippen LogP contribution in [0.4, 0.5) is 4.79 Å². The molecule has 9 heteroatoms. The third-order valence-electron chi connectivity index (χ3n) is 5.50. The Bertz CT molecular complexity index is 1180. The van der Waals surface area contributed by atoms with Gasteiger partial charge in [0, 0.05) is 41.3 Å².